The molecule has 7 nitrogen and oxygen atoms in total. The summed E-state index contributed by atoms with van der Waals surface area (Å²) < 4.78 is 0. The lowest BCUT2D eigenvalue weighted by Crippen LogP contribution is -2.27. The maximum Gasteiger partial charge on any atom is 0.269 e. The number of aromatic nitrogens is 4. The zero-order chi connectivity index (χ0) is 13.7. The Kier molecular flexibility index (Phi) is 3.83. The predicted octanol–water partition coefficient (Wildman–Crippen LogP) is 0.352. The van der Waals surface area contributed by atoms with Crippen LogP contribution in [-0.2, 0) is 6.42 Å². The number of carbonyl (C=O) groups is 1. The zero-order valence-corrected chi connectivity index (χ0v) is 10.3. The van der Waals surface area contributed by atoms with Gasteiger partial charge in [-0.1, -0.05) is 0 Å². The van der Waals surface area contributed by atoms with Gasteiger partial charge in [0.15, 0.2) is 0 Å². The highest BCUT2D eigenvalue weighted by molar-refractivity contribution is 5.92. The van der Waals surface area contributed by atoms with E-state index in [-0.39, 0.29) is 5.91 Å². The van der Waals surface area contributed by atoms with Crippen molar-refractivity contribution in [2.45, 2.75) is 13.3 Å². The first kappa shape index (κ1) is 12.7. The fourth-order valence-electron chi connectivity index (χ4n) is 1.54. The molecule has 0 spiro atoms. The number of carbonyl (C=O) groups excluding carboxylic acids is 1. The minimum absolute atomic E-state index is 0.271. The van der Waals surface area contributed by atoms with Crippen LogP contribution in [-0.4, -0.2) is 32.6 Å². The van der Waals surface area contributed by atoms with E-state index in [1.807, 2.05) is 6.07 Å². The van der Waals surface area contributed by atoms with Gasteiger partial charge in [-0.15, -0.1) is 0 Å². The van der Waals surface area contributed by atoms with E-state index < -0.39 is 0 Å². The summed E-state index contributed by atoms with van der Waals surface area (Å²) in [6, 6.07) is 5.14. The highest BCUT2D eigenvalue weighted by Crippen LogP contribution is 2.05. The lowest BCUT2D eigenvalue weighted by atomic mass is 10.2. The van der Waals surface area contributed by atoms with Crippen LogP contribution in [0.3, 0.4) is 0 Å². The van der Waals surface area contributed by atoms with Gasteiger partial charge < -0.3 is 5.32 Å². The van der Waals surface area contributed by atoms with Gasteiger partial charge in [0.2, 0.25) is 0 Å². The summed E-state index contributed by atoms with van der Waals surface area (Å²) in [7, 11) is 0. The van der Waals surface area contributed by atoms with Crippen LogP contribution >= 0.6 is 0 Å². The summed E-state index contributed by atoms with van der Waals surface area (Å²) in [6.07, 6.45) is 1.99. The monoisotopic (exact) mass is 256 g/mol. The van der Waals surface area contributed by atoms with Crippen molar-refractivity contribution in [2.24, 2.45) is 0 Å². The Balaban J connectivity index is 1.93. The first-order valence-electron chi connectivity index (χ1n) is 5.71. The fourth-order valence-corrected chi connectivity index (χ4v) is 1.54. The summed E-state index contributed by atoms with van der Waals surface area (Å²) in [5.74, 6) is 0.441. The number of pyridine rings is 1. The molecule has 0 saturated carbocycles. The van der Waals surface area contributed by atoms with Crippen molar-refractivity contribution < 1.29 is 4.79 Å². The van der Waals surface area contributed by atoms with Crippen LogP contribution < -0.4 is 5.32 Å². The quantitative estimate of drug-likeness (QED) is 0.820. The van der Waals surface area contributed by atoms with Crippen molar-refractivity contribution in [3.63, 3.8) is 0 Å². The Morgan fingerprint density at radius 2 is 2.37 bits per heavy atom. The summed E-state index contributed by atoms with van der Waals surface area (Å²) >= 11 is 0. The molecule has 19 heavy (non-hydrogen) atoms. The van der Waals surface area contributed by atoms with Crippen LogP contribution in [0.5, 0.6) is 0 Å². The predicted molar refractivity (Wildman–Crippen MR) is 66.1 cm³/mol. The van der Waals surface area contributed by atoms with Gasteiger partial charge in [-0.25, -0.2) is 9.97 Å². The Morgan fingerprint density at radius 3 is 3.00 bits per heavy atom. The van der Waals surface area contributed by atoms with E-state index in [9.17, 15) is 4.79 Å². The second-order valence-electron chi connectivity index (χ2n) is 3.88. The molecule has 2 rings (SSSR count). The molecule has 96 valence electrons. The molecule has 0 aliphatic heterocycles. The van der Waals surface area contributed by atoms with E-state index in [1.54, 1.807) is 13.0 Å². The van der Waals surface area contributed by atoms with Crippen LogP contribution in [0.4, 0.5) is 0 Å². The van der Waals surface area contributed by atoms with Crippen molar-refractivity contribution >= 4 is 5.91 Å². The Labute approximate surface area is 109 Å². The average Bonchev–Trinajstić information content (AvgIpc) is 2.91. The second-order valence-corrected chi connectivity index (χ2v) is 3.88. The summed E-state index contributed by atoms with van der Waals surface area (Å²) in [6.45, 7) is 2.14. The van der Waals surface area contributed by atoms with Crippen LogP contribution in [0.1, 0.15) is 27.6 Å². The van der Waals surface area contributed by atoms with Gasteiger partial charge in [-0.2, -0.15) is 10.4 Å². The van der Waals surface area contributed by atoms with Gasteiger partial charge in [-0.3, -0.25) is 9.89 Å². The SMILES string of the molecule is Cc1nc(C(=O)NCCc2ncn[nH]2)ccc1C#N. The number of rotatable bonds is 4. The van der Waals surface area contributed by atoms with Crippen LogP contribution in [0.25, 0.3) is 0 Å². The number of nitrogens with zero attached hydrogens (tertiary/aromatic N) is 4. The van der Waals surface area contributed by atoms with Crippen LogP contribution in [0.15, 0.2) is 18.5 Å². The maximum atomic E-state index is 11.8. The number of hydrogen-bond acceptors (Lipinski definition) is 5. The lowest BCUT2D eigenvalue weighted by molar-refractivity contribution is 0.0949. The van der Waals surface area contributed by atoms with Gasteiger partial charge in [-0.05, 0) is 19.1 Å². The van der Waals surface area contributed by atoms with Crippen molar-refractivity contribution in [3.8, 4) is 6.07 Å². The van der Waals surface area contributed by atoms with E-state index in [2.05, 4.69) is 25.5 Å². The van der Waals surface area contributed by atoms with Gasteiger partial charge >= 0.3 is 0 Å². The Morgan fingerprint density at radius 1 is 1.53 bits per heavy atom. The molecule has 0 aliphatic carbocycles. The average molecular weight is 256 g/mol. The van der Waals surface area contributed by atoms with Gasteiger partial charge in [0, 0.05) is 13.0 Å². The van der Waals surface area contributed by atoms with Crippen LogP contribution in [0.2, 0.25) is 0 Å². The molecule has 7 heteroatoms. The molecule has 2 aromatic rings. The number of H-pyrrole nitrogens is 1. The van der Waals surface area contributed by atoms with Gasteiger partial charge in [0.1, 0.15) is 23.9 Å². The standard InChI is InChI=1S/C12H12N6O/c1-8-9(6-13)2-3-10(17-8)12(19)14-5-4-11-15-7-16-18-11/h2-3,7H,4-5H2,1H3,(H,14,19)(H,15,16,18). The molecule has 2 heterocycles. The number of hydrogen-bond donors (Lipinski definition) is 2. The van der Waals surface area contributed by atoms with E-state index in [1.165, 1.54) is 12.4 Å². The molecule has 0 aliphatic rings. The first-order valence-corrected chi connectivity index (χ1v) is 5.71. The van der Waals surface area contributed by atoms with Crippen molar-refractivity contribution in [1.82, 2.24) is 25.5 Å². The molecule has 2 aromatic heterocycles. The minimum atomic E-state index is -0.271. The molecule has 0 saturated heterocycles. The number of aryl methyl sites for hydroxylation is 1. The number of aromatic amines is 1. The minimum Gasteiger partial charge on any atom is -0.350 e. The smallest absolute Gasteiger partial charge is 0.269 e. The Hall–Kier alpha value is -2.75. The Bertz CT molecular complexity index is 614. The molecular weight excluding hydrogens is 244 g/mol. The fraction of sp³-hybridized carbons (Fsp3) is 0.250. The summed E-state index contributed by atoms with van der Waals surface area (Å²) in [5.41, 5.74) is 1.32. The van der Waals surface area contributed by atoms with Crippen molar-refractivity contribution in [3.05, 3.63) is 41.2 Å². The van der Waals surface area contributed by atoms with Crippen molar-refractivity contribution in [2.75, 3.05) is 6.54 Å². The number of amides is 1. The van der Waals surface area contributed by atoms with E-state index in [4.69, 9.17) is 5.26 Å². The topological polar surface area (TPSA) is 107 Å². The molecule has 2 N–H and O–H groups in total. The molecule has 0 fully saturated rings. The van der Waals surface area contributed by atoms with Crippen molar-refractivity contribution in [1.29, 1.82) is 5.26 Å². The highest BCUT2D eigenvalue weighted by Gasteiger charge is 2.09. The lowest BCUT2D eigenvalue weighted by Gasteiger charge is -2.04. The number of nitrogens with one attached hydrogen (secondary N) is 2. The van der Waals surface area contributed by atoms with Gasteiger partial charge in [0.05, 0.1) is 11.3 Å². The third kappa shape index (κ3) is 3.13. The third-order valence-electron chi connectivity index (χ3n) is 2.55. The second kappa shape index (κ2) is 5.73. The third-order valence-corrected chi connectivity index (χ3v) is 2.55. The summed E-state index contributed by atoms with van der Waals surface area (Å²) in [5, 5.41) is 17.9. The normalized spacial score (nSPS) is 9.89. The molecule has 0 atom stereocenters. The molecule has 1 amide bonds. The molecule has 0 radical (unpaired) electrons. The highest BCUT2D eigenvalue weighted by atomic mass is 16.1. The van der Waals surface area contributed by atoms with E-state index in [0.717, 1.165) is 0 Å². The zero-order valence-electron chi connectivity index (χ0n) is 10.3. The molecule has 0 unspecified atom stereocenters. The molecule has 0 bridgehead atoms. The van der Waals surface area contributed by atoms with E-state index in [0.29, 0.717) is 35.7 Å². The first-order chi connectivity index (χ1) is 9.20. The maximum absolute atomic E-state index is 11.8. The number of nitriles is 1. The van der Waals surface area contributed by atoms with Gasteiger partial charge in [0.25, 0.3) is 5.91 Å². The largest absolute Gasteiger partial charge is 0.350 e. The molecular formula is C12H12N6O. The van der Waals surface area contributed by atoms with E-state index >= 15 is 0 Å². The summed E-state index contributed by atoms with van der Waals surface area (Å²) in [4.78, 5) is 19.9. The van der Waals surface area contributed by atoms with Crippen LogP contribution in [0, 0.1) is 18.3 Å². The molecule has 0 aromatic carbocycles.